The van der Waals surface area contributed by atoms with Crippen molar-refractivity contribution in [2.45, 2.75) is 0 Å². The third-order valence-electron chi connectivity index (χ3n) is 2.44. The fraction of sp³-hybridized carbons (Fsp3) is 0.143. The minimum absolute atomic E-state index is 0.0751. The van der Waals surface area contributed by atoms with Crippen LogP contribution in [0.1, 0.15) is 0 Å². The molecule has 5 heteroatoms. The lowest BCUT2D eigenvalue weighted by Gasteiger charge is -2.10. The van der Waals surface area contributed by atoms with Crippen molar-refractivity contribution in [2.24, 2.45) is 0 Å². The van der Waals surface area contributed by atoms with Crippen LogP contribution in [0.15, 0.2) is 46.9 Å². The van der Waals surface area contributed by atoms with Crippen LogP contribution >= 0.6 is 15.9 Å². The van der Waals surface area contributed by atoms with Gasteiger partial charge in [0.05, 0.1) is 0 Å². The second-order valence-corrected chi connectivity index (χ2v) is 4.68. The molecular formula is C14H12BrF2NO. The second kappa shape index (κ2) is 6.52. The van der Waals surface area contributed by atoms with Gasteiger partial charge < -0.3 is 10.1 Å². The normalized spacial score (nSPS) is 10.3. The van der Waals surface area contributed by atoms with Crippen LogP contribution in [0.5, 0.6) is 5.75 Å². The van der Waals surface area contributed by atoms with E-state index in [0.717, 1.165) is 28.4 Å². The van der Waals surface area contributed by atoms with E-state index in [9.17, 15) is 8.78 Å². The Morgan fingerprint density at radius 2 is 1.89 bits per heavy atom. The Morgan fingerprint density at radius 1 is 1.11 bits per heavy atom. The third kappa shape index (κ3) is 3.92. The molecule has 0 aromatic heterocycles. The lowest BCUT2D eigenvalue weighted by molar-refractivity contribution is 0.313. The van der Waals surface area contributed by atoms with Crippen LogP contribution in [-0.2, 0) is 0 Å². The molecule has 0 heterocycles. The average Bonchev–Trinajstić information content (AvgIpc) is 2.40. The Bertz CT molecular complexity index is 563. The predicted octanol–water partition coefficient (Wildman–Crippen LogP) is 4.22. The lowest BCUT2D eigenvalue weighted by atomic mass is 10.3. The first-order valence-electron chi connectivity index (χ1n) is 5.73. The van der Waals surface area contributed by atoms with Crippen LogP contribution in [0.4, 0.5) is 14.5 Å². The smallest absolute Gasteiger partial charge is 0.165 e. The SMILES string of the molecule is Fc1ccc(F)c(OCCNc2ccccc2Br)c1. The quantitative estimate of drug-likeness (QED) is 0.830. The second-order valence-electron chi connectivity index (χ2n) is 3.83. The summed E-state index contributed by atoms with van der Waals surface area (Å²) in [5.41, 5.74) is 0.922. The average molecular weight is 328 g/mol. The Kier molecular flexibility index (Phi) is 4.74. The summed E-state index contributed by atoms with van der Waals surface area (Å²) in [4.78, 5) is 0. The molecule has 1 N–H and O–H groups in total. The maximum absolute atomic E-state index is 13.3. The molecule has 0 saturated carbocycles. The third-order valence-corrected chi connectivity index (χ3v) is 3.13. The summed E-state index contributed by atoms with van der Waals surface area (Å²) in [5.74, 6) is -1.16. The monoisotopic (exact) mass is 327 g/mol. The van der Waals surface area contributed by atoms with Gasteiger partial charge in [-0.15, -0.1) is 0 Å². The summed E-state index contributed by atoms with van der Waals surface area (Å²) < 4.78 is 32.3. The Morgan fingerprint density at radius 3 is 2.68 bits per heavy atom. The highest BCUT2D eigenvalue weighted by Crippen LogP contribution is 2.21. The molecule has 0 aliphatic heterocycles. The van der Waals surface area contributed by atoms with E-state index in [2.05, 4.69) is 21.2 Å². The number of rotatable bonds is 5. The molecule has 0 amide bonds. The fourth-order valence-corrected chi connectivity index (χ4v) is 1.96. The van der Waals surface area contributed by atoms with Gasteiger partial charge in [0, 0.05) is 22.8 Å². The number of ether oxygens (including phenoxy) is 1. The molecule has 2 rings (SSSR count). The van der Waals surface area contributed by atoms with Gasteiger partial charge in [0.1, 0.15) is 12.4 Å². The van der Waals surface area contributed by atoms with E-state index in [1.807, 2.05) is 24.3 Å². The van der Waals surface area contributed by atoms with Gasteiger partial charge in [0.25, 0.3) is 0 Å². The van der Waals surface area contributed by atoms with Gasteiger partial charge in [0.15, 0.2) is 11.6 Å². The number of anilines is 1. The van der Waals surface area contributed by atoms with E-state index in [-0.39, 0.29) is 12.4 Å². The van der Waals surface area contributed by atoms with Crippen LogP contribution in [0.25, 0.3) is 0 Å². The van der Waals surface area contributed by atoms with Gasteiger partial charge >= 0.3 is 0 Å². The van der Waals surface area contributed by atoms with Crippen LogP contribution in [0, 0.1) is 11.6 Å². The van der Waals surface area contributed by atoms with E-state index >= 15 is 0 Å². The highest BCUT2D eigenvalue weighted by molar-refractivity contribution is 9.10. The molecule has 0 spiro atoms. The molecule has 2 aromatic rings. The number of benzene rings is 2. The van der Waals surface area contributed by atoms with Crippen molar-refractivity contribution in [3.05, 3.63) is 58.6 Å². The number of hydrogen-bond donors (Lipinski definition) is 1. The van der Waals surface area contributed by atoms with Gasteiger partial charge in [0.2, 0.25) is 0 Å². The number of halogens is 3. The number of hydrogen-bond acceptors (Lipinski definition) is 2. The van der Waals surface area contributed by atoms with E-state index in [4.69, 9.17) is 4.74 Å². The van der Waals surface area contributed by atoms with Crippen LogP contribution in [0.2, 0.25) is 0 Å². The molecule has 100 valence electrons. The van der Waals surface area contributed by atoms with Crippen molar-refractivity contribution >= 4 is 21.6 Å². The van der Waals surface area contributed by atoms with Gasteiger partial charge in [-0.3, -0.25) is 0 Å². The van der Waals surface area contributed by atoms with Crippen LogP contribution < -0.4 is 10.1 Å². The highest BCUT2D eigenvalue weighted by atomic mass is 79.9. The molecule has 0 atom stereocenters. The molecule has 0 aliphatic rings. The Labute approximate surface area is 118 Å². The standard InChI is InChI=1S/C14H12BrF2NO/c15-11-3-1-2-4-13(11)18-7-8-19-14-9-10(16)5-6-12(14)17/h1-6,9,18H,7-8H2. The molecule has 2 aromatic carbocycles. The lowest BCUT2D eigenvalue weighted by Crippen LogP contribution is -2.12. The van der Waals surface area contributed by atoms with E-state index in [0.29, 0.717) is 6.54 Å². The highest BCUT2D eigenvalue weighted by Gasteiger charge is 2.04. The molecule has 0 fully saturated rings. The van der Waals surface area contributed by atoms with Gasteiger partial charge in [-0.05, 0) is 40.2 Å². The summed E-state index contributed by atoms with van der Waals surface area (Å²) >= 11 is 3.40. The van der Waals surface area contributed by atoms with Crippen LogP contribution in [0.3, 0.4) is 0 Å². The zero-order valence-corrected chi connectivity index (χ0v) is 11.6. The molecule has 0 saturated heterocycles. The van der Waals surface area contributed by atoms with E-state index in [1.165, 1.54) is 0 Å². The van der Waals surface area contributed by atoms with E-state index < -0.39 is 11.6 Å². The Hall–Kier alpha value is -1.62. The summed E-state index contributed by atoms with van der Waals surface area (Å²) in [5, 5.41) is 3.13. The predicted molar refractivity (Wildman–Crippen MR) is 74.5 cm³/mol. The maximum Gasteiger partial charge on any atom is 0.165 e. The molecule has 2 nitrogen and oxygen atoms in total. The summed E-state index contributed by atoms with van der Waals surface area (Å²) in [6, 6.07) is 10.8. The zero-order valence-electron chi connectivity index (χ0n) is 10.00. The van der Waals surface area contributed by atoms with Crippen molar-refractivity contribution < 1.29 is 13.5 Å². The molecule has 0 unspecified atom stereocenters. The minimum Gasteiger partial charge on any atom is -0.489 e. The molecular weight excluding hydrogens is 316 g/mol. The van der Waals surface area contributed by atoms with E-state index in [1.54, 1.807) is 0 Å². The zero-order chi connectivity index (χ0) is 13.7. The fourth-order valence-electron chi connectivity index (χ4n) is 1.54. The van der Waals surface area contributed by atoms with Crippen molar-refractivity contribution in [1.82, 2.24) is 0 Å². The van der Waals surface area contributed by atoms with Crippen molar-refractivity contribution in [3.63, 3.8) is 0 Å². The topological polar surface area (TPSA) is 21.3 Å². The largest absolute Gasteiger partial charge is 0.489 e. The summed E-state index contributed by atoms with van der Waals surface area (Å²) in [6.07, 6.45) is 0. The molecule has 0 bridgehead atoms. The van der Waals surface area contributed by atoms with Crippen molar-refractivity contribution in [1.29, 1.82) is 0 Å². The number of para-hydroxylation sites is 1. The summed E-state index contributed by atoms with van der Waals surface area (Å²) in [7, 11) is 0. The molecule has 0 radical (unpaired) electrons. The molecule has 19 heavy (non-hydrogen) atoms. The summed E-state index contributed by atoms with van der Waals surface area (Å²) in [6.45, 7) is 0.722. The van der Waals surface area contributed by atoms with Gasteiger partial charge in [-0.2, -0.15) is 0 Å². The molecule has 0 aliphatic carbocycles. The first-order valence-corrected chi connectivity index (χ1v) is 6.52. The first-order chi connectivity index (χ1) is 9.16. The first kappa shape index (κ1) is 13.8. The minimum atomic E-state index is -0.567. The maximum atomic E-state index is 13.3. The van der Waals surface area contributed by atoms with Crippen molar-refractivity contribution in [3.8, 4) is 5.75 Å². The number of nitrogens with one attached hydrogen (secondary N) is 1. The van der Waals surface area contributed by atoms with Crippen molar-refractivity contribution in [2.75, 3.05) is 18.5 Å². The van der Waals surface area contributed by atoms with Gasteiger partial charge in [-0.1, -0.05) is 12.1 Å². The van der Waals surface area contributed by atoms with Crippen LogP contribution in [-0.4, -0.2) is 13.2 Å². The van der Waals surface area contributed by atoms with Gasteiger partial charge in [-0.25, -0.2) is 8.78 Å². The Balaban J connectivity index is 1.84.